The second kappa shape index (κ2) is 9.09. The van der Waals surface area contributed by atoms with Gasteiger partial charge in [-0.15, -0.1) is 0 Å². The van der Waals surface area contributed by atoms with E-state index in [0.29, 0.717) is 5.56 Å². The summed E-state index contributed by atoms with van der Waals surface area (Å²) >= 11 is 0. The van der Waals surface area contributed by atoms with Crippen LogP contribution in [0.25, 0.3) is 0 Å². The highest BCUT2D eigenvalue weighted by atomic mass is 16.4. The first kappa shape index (κ1) is 18.9. The van der Waals surface area contributed by atoms with Crippen molar-refractivity contribution in [1.29, 1.82) is 0 Å². The first-order valence-corrected chi connectivity index (χ1v) is 7.16. The van der Waals surface area contributed by atoms with Gasteiger partial charge in [0.15, 0.2) is 0 Å². The summed E-state index contributed by atoms with van der Waals surface area (Å²) in [5.41, 5.74) is 1.33. The van der Waals surface area contributed by atoms with Gasteiger partial charge in [-0.1, -0.05) is 12.1 Å². The van der Waals surface area contributed by atoms with Crippen LogP contribution in [0.5, 0.6) is 5.75 Å². The van der Waals surface area contributed by atoms with Crippen LogP contribution >= 0.6 is 0 Å². The fraction of sp³-hybridized carbons (Fsp3) is 0.467. The molecule has 0 saturated heterocycles. The quantitative estimate of drug-likeness (QED) is 0.345. The number of carboxylic acid groups (broad SMARTS) is 2. The minimum absolute atomic E-state index is 0.0368. The number of aromatic hydroxyl groups is 1. The van der Waals surface area contributed by atoms with Crippen molar-refractivity contribution in [3.05, 3.63) is 29.3 Å². The highest BCUT2D eigenvalue weighted by Gasteiger charge is 2.15. The van der Waals surface area contributed by atoms with Crippen LogP contribution in [-0.4, -0.2) is 58.1 Å². The second-order valence-electron chi connectivity index (χ2n) is 5.24. The van der Waals surface area contributed by atoms with Crippen molar-refractivity contribution in [3.8, 4) is 5.75 Å². The standard InChI is InChI=1S/C15H22N2O6/c1-9(16-6-14(20)21)10-2-3-13(19)11(4-10)5-12(8-18)17-7-15(22)23/h2-4,9,12,16-19H,5-8H2,1H3,(H,20,21)(H,22,23). The number of benzene rings is 1. The molecule has 8 nitrogen and oxygen atoms in total. The Balaban J connectivity index is 2.79. The van der Waals surface area contributed by atoms with E-state index in [-0.39, 0.29) is 37.9 Å². The predicted octanol–water partition coefficient (Wildman–Crippen LogP) is -0.295. The third-order valence-corrected chi connectivity index (χ3v) is 3.39. The lowest BCUT2D eigenvalue weighted by atomic mass is 9.99. The summed E-state index contributed by atoms with van der Waals surface area (Å²) in [6, 6.07) is 4.14. The summed E-state index contributed by atoms with van der Waals surface area (Å²) < 4.78 is 0. The predicted molar refractivity (Wildman–Crippen MR) is 82.4 cm³/mol. The summed E-state index contributed by atoms with van der Waals surface area (Å²) in [4.78, 5) is 21.1. The van der Waals surface area contributed by atoms with Crippen molar-refractivity contribution >= 4 is 11.9 Å². The maximum absolute atomic E-state index is 10.6. The fourth-order valence-corrected chi connectivity index (χ4v) is 2.09. The van der Waals surface area contributed by atoms with Gasteiger partial charge in [0, 0.05) is 12.1 Å². The van der Waals surface area contributed by atoms with Gasteiger partial charge in [0.05, 0.1) is 19.7 Å². The van der Waals surface area contributed by atoms with Gasteiger partial charge < -0.3 is 31.1 Å². The van der Waals surface area contributed by atoms with E-state index in [1.54, 1.807) is 19.1 Å². The number of hydrogen-bond donors (Lipinski definition) is 6. The highest BCUT2D eigenvalue weighted by molar-refractivity contribution is 5.69. The average Bonchev–Trinajstić information content (AvgIpc) is 2.50. The van der Waals surface area contributed by atoms with Crippen molar-refractivity contribution < 1.29 is 30.0 Å². The molecule has 128 valence electrons. The molecule has 0 heterocycles. The Bertz CT molecular complexity index is 549. The van der Waals surface area contributed by atoms with Crippen LogP contribution in [0.2, 0.25) is 0 Å². The Morgan fingerprint density at radius 2 is 1.74 bits per heavy atom. The van der Waals surface area contributed by atoms with E-state index in [0.717, 1.165) is 5.56 Å². The lowest BCUT2D eigenvalue weighted by Crippen LogP contribution is -2.38. The molecule has 1 aromatic rings. The first-order chi connectivity index (χ1) is 10.8. The number of aliphatic carboxylic acids is 2. The van der Waals surface area contributed by atoms with E-state index in [9.17, 15) is 19.8 Å². The normalized spacial score (nSPS) is 13.5. The van der Waals surface area contributed by atoms with Crippen LogP contribution in [0.15, 0.2) is 18.2 Å². The zero-order valence-electron chi connectivity index (χ0n) is 12.8. The maximum Gasteiger partial charge on any atom is 0.317 e. The van der Waals surface area contributed by atoms with Crippen molar-refractivity contribution in [3.63, 3.8) is 0 Å². The van der Waals surface area contributed by atoms with Gasteiger partial charge in [0.1, 0.15) is 5.75 Å². The summed E-state index contributed by atoms with van der Waals surface area (Å²) in [5.74, 6) is -1.96. The van der Waals surface area contributed by atoms with E-state index in [2.05, 4.69) is 10.6 Å². The maximum atomic E-state index is 10.6. The Kier molecular flexibility index (Phi) is 7.46. The SMILES string of the molecule is CC(NCC(=O)O)c1ccc(O)c(CC(CO)NCC(=O)O)c1. The molecule has 0 radical (unpaired) electrons. The number of phenolic OH excluding ortho intramolecular Hbond substituents is 1. The van der Waals surface area contributed by atoms with Gasteiger partial charge in [-0.25, -0.2) is 0 Å². The largest absolute Gasteiger partial charge is 0.508 e. The van der Waals surface area contributed by atoms with Gasteiger partial charge in [0.25, 0.3) is 0 Å². The number of carbonyl (C=O) groups is 2. The summed E-state index contributed by atoms with van der Waals surface area (Å²) in [6.07, 6.45) is 0.245. The lowest BCUT2D eigenvalue weighted by Gasteiger charge is -2.18. The number of aliphatic hydroxyl groups excluding tert-OH is 1. The van der Waals surface area contributed by atoms with Crippen LogP contribution in [0.4, 0.5) is 0 Å². The molecule has 0 saturated carbocycles. The van der Waals surface area contributed by atoms with Gasteiger partial charge in [-0.2, -0.15) is 0 Å². The number of rotatable bonds is 10. The van der Waals surface area contributed by atoms with Crippen LogP contribution in [-0.2, 0) is 16.0 Å². The van der Waals surface area contributed by atoms with E-state index >= 15 is 0 Å². The molecule has 0 amide bonds. The van der Waals surface area contributed by atoms with E-state index in [4.69, 9.17) is 10.2 Å². The van der Waals surface area contributed by atoms with E-state index in [1.807, 2.05) is 0 Å². The second-order valence-corrected chi connectivity index (χ2v) is 5.24. The van der Waals surface area contributed by atoms with Crippen molar-refractivity contribution in [2.24, 2.45) is 0 Å². The highest BCUT2D eigenvalue weighted by Crippen LogP contribution is 2.23. The third-order valence-electron chi connectivity index (χ3n) is 3.39. The molecule has 1 aromatic carbocycles. The fourth-order valence-electron chi connectivity index (χ4n) is 2.09. The molecule has 0 aliphatic heterocycles. The minimum atomic E-state index is -1.03. The molecular formula is C15H22N2O6. The van der Waals surface area contributed by atoms with E-state index < -0.39 is 18.0 Å². The number of hydrogen-bond acceptors (Lipinski definition) is 6. The molecule has 1 rings (SSSR count). The smallest absolute Gasteiger partial charge is 0.317 e. The number of carboxylic acids is 2. The zero-order chi connectivity index (χ0) is 17.4. The summed E-state index contributed by atoms with van der Waals surface area (Å²) in [7, 11) is 0. The minimum Gasteiger partial charge on any atom is -0.508 e. The molecule has 0 aliphatic rings. The molecule has 0 spiro atoms. The monoisotopic (exact) mass is 326 g/mol. The topological polar surface area (TPSA) is 139 Å². The average molecular weight is 326 g/mol. The van der Waals surface area contributed by atoms with Crippen LogP contribution in [0, 0.1) is 0 Å². The van der Waals surface area contributed by atoms with Gasteiger partial charge in [0.2, 0.25) is 0 Å². The Hall–Kier alpha value is -2.16. The number of nitrogens with one attached hydrogen (secondary N) is 2. The van der Waals surface area contributed by atoms with E-state index in [1.165, 1.54) is 6.07 Å². The van der Waals surface area contributed by atoms with Crippen molar-refractivity contribution in [2.45, 2.75) is 25.4 Å². The molecule has 0 bridgehead atoms. The number of aliphatic hydroxyl groups is 1. The molecule has 8 heteroatoms. The lowest BCUT2D eigenvalue weighted by molar-refractivity contribution is -0.137. The first-order valence-electron chi connectivity index (χ1n) is 7.16. The Morgan fingerprint density at radius 1 is 1.13 bits per heavy atom. The molecule has 0 aliphatic carbocycles. The van der Waals surface area contributed by atoms with Crippen molar-refractivity contribution in [1.82, 2.24) is 10.6 Å². The molecule has 2 unspecified atom stereocenters. The van der Waals surface area contributed by atoms with Gasteiger partial charge in [-0.3, -0.25) is 9.59 Å². The Morgan fingerprint density at radius 3 is 2.30 bits per heavy atom. The van der Waals surface area contributed by atoms with Gasteiger partial charge >= 0.3 is 11.9 Å². The molecule has 0 aromatic heterocycles. The molecule has 0 fully saturated rings. The van der Waals surface area contributed by atoms with Crippen LogP contribution in [0.1, 0.15) is 24.1 Å². The van der Waals surface area contributed by atoms with Crippen LogP contribution < -0.4 is 10.6 Å². The summed E-state index contributed by atoms with van der Waals surface area (Å²) in [5, 5.41) is 42.1. The number of phenols is 1. The molecule has 23 heavy (non-hydrogen) atoms. The molecule has 6 N–H and O–H groups in total. The van der Waals surface area contributed by atoms with Crippen molar-refractivity contribution in [2.75, 3.05) is 19.7 Å². The van der Waals surface area contributed by atoms with Crippen LogP contribution in [0.3, 0.4) is 0 Å². The molecular weight excluding hydrogens is 304 g/mol. The molecule has 2 atom stereocenters. The summed E-state index contributed by atoms with van der Waals surface area (Å²) in [6.45, 7) is 1.05. The third kappa shape index (κ3) is 6.64. The van der Waals surface area contributed by atoms with Gasteiger partial charge in [-0.05, 0) is 30.5 Å². The zero-order valence-corrected chi connectivity index (χ0v) is 12.8. The Labute approximate surface area is 133 Å².